The van der Waals surface area contributed by atoms with Gasteiger partial charge in [-0.3, -0.25) is 9.13 Å². The second-order valence-electron chi connectivity index (χ2n) is 6.79. The Bertz CT molecular complexity index is 1010. The number of nitrogens with zero attached hydrogens (tertiary/aromatic N) is 2. The van der Waals surface area contributed by atoms with Crippen molar-refractivity contribution < 1.29 is 32.6 Å². The highest BCUT2D eigenvalue weighted by Gasteiger charge is 2.42. The molecule has 0 radical (unpaired) electrons. The van der Waals surface area contributed by atoms with Crippen LogP contribution < -0.4 is 11.4 Å². The van der Waals surface area contributed by atoms with Gasteiger partial charge in [0.25, 0.3) is 0 Å². The summed E-state index contributed by atoms with van der Waals surface area (Å²) in [4.78, 5) is 28.6. The number of benzene rings is 1. The maximum atomic E-state index is 12.7. The van der Waals surface area contributed by atoms with E-state index in [4.69, 9.17) is 29.0 Å². The Morgan fingerprint density at radius 1 is 1.22 bits per heavy atom. The first kappa shape index (κ1) is 24.1. The van der Waals surface area contributed by atoms with Gasteiger partial charge in [0.1, 0.15) is 5.82 Å². The van der Waals surface area contributed by atoms with E-state index in [1.165, 1.54) is 12.3 Å². The standard InChI is InChI=1S/C20H26N3O8P/c1-3-28-32(26,29-4-2)13-27-17-12-15(30-19(24)14-8-6-5-7-9-14)18(31-17)23-11-10-16(21)22-20(23)25/h5-11,15,17-18H,3-4,12-13H2,1-2H3,(H2,21,22,25)/t15-,17-,18+/m0/s1. The second-order valence-corrected chi connectivity index (χ2v) is 8.78. The molecule has 2 heterocycles. The van der Waals surface area contributed by atoms with Crippen LogP contribution in [-0.4, -0.2) is 47.5 Å². The molecule has 2 N–H and O–H groups in total. The molecule has 32 heavy (non-hydrogen) atoms. The SMILES string of the molecule is CCOP(=O)(CO[C@@H]1C[C@H](OC(=O)c2ccccc2)[C@H](n2ccc(N)nc2=O)O1)OCC. The first-order valence-corrected chi connectivity index (χ1v) is 11.8. The van der Waals surface area contributed by atoms with E-state index < -0.39 is 37.9 Å². The highest BCUT2D eigenvalue weighted by molar-refractivity contribution is 7.53. The molecular formula is C20H26N3O8P. The number of anilines is 1. The number of ether oxygens (including phenoxy) is 3. The summed E-state index contributed by atoms with van der Waals surface area (Å²) in [5.41, 5.74) is 5.23. The van der Waals surface area contributed by atoms with Gasteiger partial charge in [-0.1, -0.05) is 18.2 Å². The quantitative estimate of drug-likeness (QED) is 0.409. The summed E-state index contributed by atoms with van der Waals surface area (Å²) in [7, 11) is -3.48. The first-order chi connectivity index (χ1) is 15.3. The summed E-state index contributed by atoms with van der Waals surface area (Å²) in [6.07, 6.45) is -1.72. The minimum atomic E-state index is -3.48. The van der Waals surface area contributed by atoms with E-state index >= 15 is 0 Å². The predicted molar refractivity (Wildman–Crippen MR) is 114 cm³/mol. The lowest BCUT2D eigenvalue weighted by atomic mass is 10.2. The number of nitrogens with two attached hydrogens (primary N) is 1. The molecule has 1 saturated heterocycles. The van der Waals surface area contributed by atoms with Gasteiger partial charge in [-0.25, -0.2) is 9.59 Å². The number of nitrogen functional groups attached to an aromatic ring is 1. The molecule has 1 aromatic carbocycles. The highest BCUT2D eigenvalue weighted by atomic mass is 31.2. The van der Waals surface area contributed by atoms with Gasteiger partial charge in [0.05, 0.1) is 18.8 Å². The number of aromatic nitrogens is 2. The molecule has 0 aliphatic carbocycles. The van der Waals surface area contributed by atoms with Crippen LogP contribution >= 0.6 is 7.60 Å². The van der Waals surface area contributed by atoms with Gasteiger partial charge in [-0.15, -0.1) is 0 Å². The van der Waals surface area contributed by atoms with E-state index in [1.807, 2.05) is 0 Å². The fraction of sp³-hybridized carbons (Fsp3) is 0.450. The van der Waals surface area contributed by atoms with Gasteiger partial charge in [0.2, 0.25) is 0 Å². The number of carbonyl (C=O) groups is 1. The number of carbonyl (C=O) groups excluding carboxylic acids is 1. The van der Waals surface area contributed by atoms with Gasteiger partial charge in [-0.05, 0) is 32.0 Å². The summed E-state index contributed by atoms with van der Waals surface area (Å²) >= 11 is 0. The highest BCUT2D eigenvalue weighted by Crippen LogP contribution is 2.48. The Morgan fingerprint density at radius 2 is 1.91 bits per heavy atom. The van der Waals surface area contributed by atoms with E-state index in [0.29, 0.717) is 5.56 Å². The molecule has 0 spiro atoms. The molecule has 3 atom stereocenters. The van der Waals surface area contributed by atoms with Gasteiger partial charge < -0.3 is 29.0 Å². The molecule has 0 bridgehead atoms. The molecule has 1 aliphatic heterocycles. The van der Waals surface area contributed by atoms with Crippen LogP contribution in [0.1, 0.15) is 36.9 Å². The predicted octanol–water partition coefficient (Wildman–Crippen LogP) is 2.54. The summed E-state index contributed by atoms with van der Waals surface area (Å²) in [5, 5.41) is 0. The van der Waals surface area contributed by atoms with E-state index in [9.17, 15) is 14.2 Å². The minimum Gasteiger partial charge on any atom is -0.454 e. The number of hydrogen-bond donors (Lipinski definition) is 1. The molecule has 0 unspecified atom stereocenters. The summed E-state index contributed by atoms with van der Waals surface area (Å²) in [6, 6.07) is 9.83. The smallest absolute Gasteiger partial charge is 0.356 e. The van der Waals surface area contributed by atoms with Crippen molar-refractivity contribution in [1.29, 1.82) is 0 Å². The largest absolute Gasteiger partial charge is 0.454 e. The van der Waals surface area contributed by atoms with Crippen molar-refractivity contribution in [3.05, 3.63) is 58.6 Å². The van der Waals surface area contributed by atoms with E-state index in [2.05, 4.69) is 4.98 Å². The molecule has 1 fully saturated rings. The molecular weight excluding hydrogens is 441 g/mol. The van der Waals surface area contributed by atoms with Crippen molar-refractivity contribution in [2.75, 3.05) is 25.3 Å². The zero-order chi connectivity index (χ0) is 23.1. The number of rotatable bonds is 10. The third-order valence-electron chi connectivity index (χ3n) is 4.50. The normalized spacial score (nSPS) is 20.9. The van der Waals surface area contributed by atoms with Crippen LogP contribution in [0.5, 0.6) is 0 Å². The van der Waals surface area contributed by atoms with Crippen molar-refractivity contribution in [2.24, 2.45) is 0 Å². The molecule has 0 amide bonds. The molecule has 12 heteroatoms. The molecule has 11 nitrogen and oxygen atoms in total. The molecule has 174 valence electrons. The molecule has 3 rings (SSSR count). The van der Waals surface area contributed by atoms with E-state index in [-0.39, 0.29) is 31.8 Å². The van der Waals surface area contributed by atoms with Crippen molar-refractivity contribution in [3.63, 3.8) is 0 Å². The summed E-state index contributed by atoms with van der Waals surface area (Å²) < 4.78 is 41.3. The van der Waals surface area contributed by atoms with Crippen LogP contribution in [0, 0.1) is 0 Å². The third kappa shape index (κ3) is 6.02. The van der Waals surface area contributed by atoms with E-state index in [1.54, 1.807) is 44.2 Å². The van der Waals surface area contributed by atoms with Crippen LogP contribution in [0.3, 0.4) is 0 Å². The Kier molecular flexibility index (Phi) is 8.16. The molecule has 1 aliphatic rings. The maximum Gasteiger partial charge on any atom is 0.356 e. The van der Waals surface area contributed by atoms with Crippen LogP contribution in [0.4, 0.5) is 5.82 Å². The average molecular weight is 467 g/mol. The Hall–Kier alpha value is -2.56. The molecule has 1 aromatic heterocycles. The number of esters is 1. The Morgan fingerprint density at radius 3 is 2.53 bits per heavy atom. The lowest BCUT2D eigenvalue weighted by Gasteiger charge is -2.21. The van der Waals surface area contributed by atoms with Gasteiger partial charge in [0.15, 0.2) is 25.0 Å². The monoisotopic (exact) mass is 467 g/mol. The van der Waals surface area contributed by atoms with E-state index in [0.717, 1.165) is 4.57 Å². The zero-order valence-electron chi connectivity index (χ0n) is 17.8. The lowest BCUT2D eigenvalue weighted by Crippen LogP contribution is -2.34. The van der Waals surface area contributed by atoms with Crippen molar-refractivity contribution >= 4 is 19.4 Å². The van der Waals surface area contributed by atoms with Gasteiger partial charge >= 0.3 is 19.3 Å². The van der Waals surface area contributed by atoms with Crippen molar-refractivity contribution in [1.82, 2.24) is 9.55 Å². The fourth-order valence-corrected chi connectivity index (χ4v) is 4.50. The molecule has 2 aromatic rings. The second kappa shape index (κ2) is 10.8. The van der Waals surface area contributed by atoms with Gasteiger partial charge in [0, 0.05) is 12.6 Å². The summed E-state index contributed by atoms with van der Waals surface area (Å²) in [5.74, 6) is -0.542. The minimum absolute atomic E-state index is 0.0456. The molecule has 0 saturated carbocycles. The Labute approximate surface area is 184 Å². The first-order valence-electron chi connectivity index (χ1n) is 10.1. The summed E-state index contributed by atoms with van der Waals surface area (Å²) in [6.45, 7) is 3.73. The van der Waals surface area contributed by atoms with Crippen LogP contribution in [0.15, 0.2) is 47.4 Å². The van der Waals surface area contributed by atoms with Crippen LogP contribution in [-0.2, 0) is 27.8 Å². The third-order valence-corrected chi connectivity index (χ3v) is 6.27. The lowest BCUT2D eigenvalue weighted by molar-refractivity contribution is -0.148. The average Bonchev–Trinajstić information content (AvgIpc) is 3.16. The van der Waals surface area contributed by atoms with Crippen LogP contribution in [0.2, 0.25) is 0 Å². The fourth-order valence-electron chi connectivity index (χ4n) is 3.14. The van der Waals surface area contributed by atoms with Crippen molar-refractivity contribution in [2.45, 2.75) is 38.9 Å². The maximum absolute atomic E-state index is 12.7. The topological polar surface area (TPSA) is 141 Å². The van der Waals surface area contributed by atoms with Crippen LogP contribution in [0.25, 0.3) is 0 Å². The van der Waals surface area contributed by atoms with Gasteiger partial charge in [-0.2, -0.15) is 4.98 Å². The van der Waals surface area contributed by atoms with Crippen molar-refractivity contribution in [3.8, 4) is 0 Å². The zero-order valence-corrected chi connectivity index (χ0v) is 18.7. The number of hydrogen-bond acceptors (Lipinski definition) is 10. The Balaban J connectivity index is 1.78.